The minimum atomic E-state index is 0.261. The van der Waals surface area contributed by atoms with E-state index >= 15 is 0 Å². The molecule has 2 unspecified atom stereocenters. The molecule has 8 aromatic carbocycles. The minimum Gasteiger partial charge on any atom is -0.456 e. The highest BCUT2D eigenvalue weighted by Crippen LogP contribution is 2.49. The number of hydrogen-bond acceptors (Lipinski definition) is 1. The fraction of sp³-hybridized carbons (Fsp3) is 0.0370. The van der Waals surface area contributed by atoms with E-state index in [0.29, 0.717) is 0 Å². The standard InChI is InChI=1S/C54H36O/c1-3-14-35(15-4-1)37-26-28-38(29-27-37)51-44-22-9-10-23-45(44)52(46-31-30-39(33-49(46)51)36-16-5-2-6-17-36)42-20-13-19-40(32-42)48-34-41-18-7-8-21-43(41)53-47-24-11-12-25-50(47)55-54(48)53/h1-34,41,43H. The van der Waals surface area contributed by atoms with Crippen molar-refractivity contribution in [1.82, 2.24) is 0 Å². The van der Waals surface area contributed by atoms with Crippen molar-refractivity contribution in [3.8, 4) is 44.5 Å². The monoisotopic (exact) mass is 700 g/mol. The largest absolute Gasteiger partial charge is 0.456 e. The maximum atomic E-state index is 6.72. The Morgan fingerprint density at radius 2 is 0.909 bits per heavy atom. The van der Waals surface area contributed by atoms with Crippen LogP contribution in [0.25, 0.3) is 82.6 Å². The van der Waals surface area contributed by atoms with Crippen molar-refractivity contribution < 1.29 is 4.42 Å². The molecule has 0 fully saturated rings. The van der Waals surface area contributed by atoms with E-state index in [1.54, 1.807) is 0 Å². The van der Waals surface area contributed by atoms with Gasteiger partial charge in [0.15, 0.2) is 0 Å². The molecule has 0 radical (unpaired) electrons. The van der Waals surface area contributed by atoms with Crippen LogP contribution in [-0.4, -0.2) is 0 Å². The molecule has 0 amide bonds. The molecule has 0 bridgehead atoms. The second kappa shape index (κ2) is 12.9. The van der Waals surface area contributed by atoms with Crippen LogP contribution in [0.2, 0.25) is 0 Å². The average Bonchev–Trinajstić information content (AvgIpc) is 3.66. The summed E-state index contributed by atoms with van der Waals surface area (Å²) >= 11 is 0. The smallest absolute Gasteiger partial charge is 0.139 e. The van der Waals surface area contributed by atoms with Gasteiger partial charge in [-0.25, -0.2) is 0 Å². The second-order valence-corrected chi connectivity index (χ2v) is 14.7. The lowest BCUT2D eigenvalue weighted by molar-refractivity contribution is 0.573. The van der Waals surface area contributed by atoms with Crippen molar-refractivity contribution in [2.24, 2.45) is 5.92 Å². The summed E-state index contributed by atoms with van der Waals surface area (Å²) in [6, 6.07) is 64.0. The fourth-order valence-electron chi connectivity index (χ4n) is 9.08. The van der Waals surface area contributed by atoms with Crippen LogP contribution < -0.4 is 0 Å². The van der Waals surface area contributed by atoms with Crippen LogP contribution >= 0.6 is 0 Å². The lowest BCUT2D eigenvalue weighted by Crippen LogP contribution is -2.15. The fourth-order valence-corrected chi connectivity index (χ4v) is 9.08. The summed E-state index contributed by atoms with van der Waals surface area (Å²) in [5, 5.41) is 6.16. The number of allylic oxidation sites excluding steroid dienone is 5. The molecule has 1 heteroatoms. The molecule has 258 valence electrons. The van der Waals surface area contributed by atoms with E-state index in [-0.39, 0.29) is 11.8 Å². The molecule has 11 rings (SSSR count). The highest BCUT2D eigenvalue weighted by atomic mass is 16.3. The number of furan rings is 1. The van der Waals surface area contributed by atoms with Crippen molar-refractivity contribution >= 4 is 38.1 Å². The minimum absolute atomic E-state index is 0.261. The molecule has 2 aliphatic carbocycles. The molecule has 1 nitrogen and oxygen atoms in total. The summed E-state index contributed by atoms with van der Waals surface area (Å²) in [7, 11) is 0. The number of benzene rings is 8. The van der Waals surface area contributed by atoms with Gasteiger partial charge in [-0.1, -0.05) is 188 Å². The van der Waals surface area contributed by atoms with Crippen LogP contribution in [0.4, 0.5) is 0 Å². The summed E-state index contributed by atoms with van der Waals surface area (Å²) in [6.45, 7) is 0. The molecule has 55 heavy (non-hydrogen) atoms. The van der Waals surface area contributed by atoms with Gasteiger partial charge in [0.25, 0.3) is 0 Å². The lowest BCUT2D eigenvalue weighted by Gasteiger charge is -2.28. The number of rotatable bonds is 5. The summed E-state index contributed by atoms with van der Waals surface area (Å²) in [5.74, 6) is 1.51. The van der Waals surface area contributed by atoms with Crippen molar-refractivity contribution in [2.75, 3.05) is 0 Å². The Bertz CT molecular complexity index is 3010. The maximum absolute atomic E-state index is 6.72. The Hall–Kier alpha value is -6.96. The first-order valence-corrected chi connectivity index (χ1v) is 19.2. The van der Waals surface area contributed by atoms with Gasteiger partial charge >= 0.3 is 0 Å². The highest BCUT2D eigenvalue weighted by Gasteiger charge is 2.33. The molecule has 0 aliphatic heterocycles. The average molecular weight is 701 g/mol. The summed E-state index contributed by atoms with van der Waals surface area (Å²) in [4.78, 5) is 0. The van der Waals surface area contributed by atoms with Gasteiger partial charge in [0.2, 0.25) is 0 Å². The molecule has 0 saturated carbocycles. The molecule has 2 aliphatic rings. The second-order valence-electron chi connectivity index (χ2n) is 14.7. The predicted molar refractivity (Wildman–Crippen MR) is 231 cm³/mol. The van der Waals surface area contributed by atoms with Gasteiger partial charge in [-0.2, -0.15) is 0 Å². The van der Waals surface area contributed by atoms with Crippen molar-refractivity contribution in [2.45, 2.75) is 5.92 Å². The van der Waals surface area contributed by atoms with E-state index in [2.05, 4.69) is 206 Å². The summed E-state index contributed by atoms with van der Waals surface area (Å²) in [6.07, 6.45) is 11.4. The number of hydrogen-bond donors (Lipinski definition) is 0. The van der Waals surface area contributed by atoms with Crippen LogP contribution in [0.5, 0.6) is 0 Å². The summed E-state index contributed by atoms with van der Waals surface area (Å²) in [5.41, 5.74) is 14.3. The topological polar surface area (TPSA) is 13.1 Å². The molecular formula is C54H36O. The Morgan fingerprint density at radius 3 is 1.67 bits per heavy atom. The Balaban J connectivity index is 1.14. The van der Waals surface area contributed by atoms with Crippen LogP contribution in [0.3, 0.4) is 0 Å². The number of para-hydroxylation sites is 1. The molecule has 0 N–H and O–H groups in total. The van der Waals surface area contributed by atoms with Gasteiger partial charge in [0, 0.05) is 28.4 Å². The Morgan fingerprint density at radius 1 is 0.364 bits per heavy atom. The van der Waals surface area contributed by atoms with Crippen LogP contribution in [-0.2, 0) is 0 Å². The summed E-state index contributed by atoms with van der Waals surface area (Å²) < 4.78 is 6.72. The van der Waals surface area contributed by atoms with Crippen LogP contribution in [0.15, 0.2) is 211 Å². The van der Waals surface area contributed by atoms with E-state index < -0.39 is 0 Å². The quantitative estimate of drug-likeness (QED) is 0.163. The van der Waals surface area contributed by atoms with Gasteiger partial charge in [-0.3, -0.25) is 0 Å². The van der Waals surface area contributed by atoms with Crippen molar-refractivity contribution in [3.63, 3.8) is 0 Å². The van der Waals surface area contributed by atoms with E-state index in [1.165, 1.54) is 77.0 Å². The molecule has 1 aromatic heterocycles. The predicted octanol–water partition coefficient (Wildman–Crippen LogP) is 14.7. The molecule has 0 spiro atoms. The van der Waals surface area contributed by atoms with Gasteiger partial charge < -0.3 is 4.42 Å². The Labute approximate surface area is 320 Å². The van der Waals surface area contributed by atoms with Crippen LogP contribution in [0, 0.1) is 5.92 Å². The van der Waals surface area contributed by atoms with Gasteiger partial charge in [0.05, 0.1) is 0 Å². The van der Waals surface area contributed by atoms with E-state index in [1.807, 2.05) is 0 Å². The SMILES string of the molecule is C1=CC2C=C(c3cccc(-c4c5ccccc5c(-c5ccc(-c6ccccc6)cc5)c5cc(-c6ccccc6)ccc45)c3)c3oc4ccccc4c3C2C=C1. The highest BCUT2D eigenvalue weighted by molar-refractivity contribution is 6.22. The van der Waals surface area contributed by atoms with Gasteiger partial charge in [0.1, 0.15) is 11.3 Å². The van der Waals surface area contributed by atoms with Gasteiger partial charge in [-0.15, -0.1) is 0 Å². The van der Waals surface area contributed by atoms with Gasteiger partial charge in [-0.05, 0) is 89.8 Å². The van der Waals surface area contributed by atoms with E-state index in [4.69, 9.17) is 4.42 Å². The third kappa shape index (κ3) is 5.23. The normalized spacial score (nSPS) is 16.0. The molecule has 2 atom stereocenters. The zero-order valence-corrected chi connectivity index (χ0v) is 30.2. The molecule has 1 heterocycles. The van der Waals surface area contributed by atoms with E-state index in [9.17, 15) is 0 Å². The molecular weight excluding hydrogens is 665 g/mol. The third-order valence-corrected chi connectivity index (χ3v) is 11.6. The van der Waals surface area contributed by atoms with Crippen molar-refractivity contribution in [3.05, 3.63) is 223 Å². The zero-order chi connectivity index (χ0) is 36.3. The molecule has 0 saturated heterocycles. The van der Waals surface area contributed by atoms with E-state index in [0.717, 1.165) is 22.5 Å². The maximum Gasteiger partial charge on any atom is 0.139 e. The lowest BCUT2D eigenvalue weighted by atomic mass is 9.75. The molecule has 9 aromatic rings. The zero-order valence-electron chi connectivity index (χ0n) is 30.2. The van der Waals surface area contributed by atoms with Crippen LogP contribution in [0.1, 0.15) is 22.8 Å². The first-order chi connectivity index (χ1) is 27.3. The first-order valence-electron chi connectivity index (χ1n) is 19.2. The number of fused-ring (bicyclic) bond motifs is 7. The van der Waals surface area contributed by atoms with Crippen molar-refractivity contribution in [1.29, 1.82) is 0 Å². The third-order valence-electron chi connectivity index (χ3n) is 11.6. The first kappa shape index (κ1) is 31.6. The Kier molecular flexibility index (Phi) is 7.38.